The molecule has 2 unspecified atom stereocenters. The van der Waals surface area contributed by atoms with Crippen LogP contribution in [0.15, 0.2) is 30.3 Å². The molecule has 2 aliphatic rings. The van der Waals surface area contributed by atoms with Crippen molar-refractivity contribution in [2.45, 2.75) is 77.0 Å². The van der Waals surface area contributed by atoms with E-state index in [1.807, 2.05) is 6.07 Å². The van der Waals surface area contributed by atoms with Crippen LogP contribution < -0.4 is 4.74 Å². The standard InChI is InChI=1S/C26H31F3O3/c1-16-2-11-21(12-3-16)32-23-13-10-19-8-6-18(15-22(19)24(23)26(27,28)29)5-4-17-7-9-20(14-17)25(30)31/h6,8,10,13,15-17,20-21H,2-5,7,9,11-12,14H2,1H3,(H,30,31). The molecular formula is C26H31F3O3. The Bertz CT molecular complexity index is 961. The van der Waals surface area contributed by atoms with Gasteiger partial charge in [0.15, 0.2) is 0 Å². The van der Waals surface area contributed by atoms with E-state index in [2.05, 4.69) is 6.92 Å². The van der Waals surface area contributed by atoms with Crippen molar-refractivity contribution >= 4 is 16.7 Å². The largest absolute Gasteiger partial charge is 0.490 e. The number of halogens is 3. The molecule has 0 amide bonds. The number of carboxylic acids is 1. The molecule has 6 heteroatoms. The SMILES string of the molecule is CC1CCC(Oc2ccc3ccc(CCC4CCC(C(=O)O)C4)cc3c2C(F)(F)F)CC1. The average Bonchev–Trinajstić information content (AvgIpc) is 3.22. The van der Waals surface area contributed by atoms with Crippen LogP contribution in [0.5, 0.6) is 5.75 Å². The minimum absolute atomic E-state index is 0.0678. The zero-order chi connectivity index (χ0) is 22.9. The number of hydrogen-bond acceptors (Lipinski definition) is 2. The quantitative estimate of drug-likeness (QED) is 0.506. The summed E-state index contributed by atoms with van der Waals surface area (Å²) in [5, 5.41) is 9.92. The Labute approximate surface area is 187 Å². The van der Waals surface area contributed by atoms with Gasteiger partial charge in [0.2, 0.25) is 0 Å². The highest BCUT2D eigenvalue weighted by Gasteiger charge is 2.37. The van der Waals surface area contributed by atoms with Crippen LogP contribution in [0, 0.1) is 17.8 Å². The van der Waals surface area contributed by atoms with Gasteiger partial charge in [-0.2, -0.15) is 13.2 Å². The number of fused-ring (bicyclic) bond motifs is 1. The van der Waals surface area contributed by atoms with Crippen LogP contribution in [0.25, 0.3) is 10.8 Å². The number of aliphatic carboxylic acids is 1. The zero-order valence-electron chi connectivity index (χ0n) is 18.5. The van der Waals surface area contributed by atoms with Gasteiger partial charge in [0.1, 0.15) is 11.3 Å². The van der Waals surface area contributed by atoms with E-state index < -0.39 is 17.7 Å². The molecule has 2 fully saturated rings. The highest BCUT2D eigenvalue weighted by molar-refractivity contribution is 5.89. The second-order valence-corrected chi connectivity index (χ2v) is 9.74. The number of carboxylic acid groups (broad SMARTS) is 1. The van der Waals surface area contributed by atoms with E-state index in [0.29, 0.717) is 36.5 Å². The molecule has 32 heavy (non-hydrogen) atoms. The molecule has 0 heterocycles. The first-order valence-electron chi connectivity index (χ1n) is 11.7. The van der Waals surface area contributed by atoms with Crippen LogP contribution in [0.4, 0.5) is 13.2 Å². The van der Waals surface area contributed by atoms with Gasteiger partial charge in [-0.05, 0) is 92.0 Å². The minimum Gasteiger partial charge on any atom is -0.490 e. The third-order valence-corrected chi connectivity index (χ3v) is 7.32. The maximum absolute atomic E-state index is 14.1. The molecular weight excluding hydrogens is 417 g/mol. The lowest BCUT2D eigenvalue weighted by molar-refractivity contribution is -0.141. The van der Waals surface area contributed by atoms with Crippen LogP contribution >= 0.6 is 0 Å². The zero-order valence-corrected chi connectivity index (χ0v) is 18.5. The van der Waals surface area contributed by atoms with Crippen LogP contribution in [0.2, 0.25) is 0 Å². The summed E-state index contributed by atoms with van der Waals surface area (Å²) in [5.41, 5.74) is 0.174. The third kappa shape index (κ3) is 5.21. The Morgan fingerprint density at radius 3 is 2.44 bits per heavy atom. The summed E-state index contributed by atoms with van der Waals surface area (Å²) < 4.78 is 48.3. The predicted octanol–water partition coefficient (Wildman–Crippen LogP) is 7.25. The lowest BCUT2D eigenvalue weighted by atomic mass is 9.89. The van der Waals surface area contributed by atoms with E-state index in [0.717, 1.165) is 44.1 Å². The summed E-state index contributed by atoms with van der Waals surface area (Å²) in [6.07, 6.45) is 2.53. The van der Waals surface area contributed by atoms with Gasteiger partial charge < -0.3 is 9.84 Å². The molecule has 174 valence electrons. The van der Waals surface area contributed by atoms with Crippen LogP contribution in [0.3, 0.4) is 0 Å². The van der Waals surface area contributed by atoms with Gasteiger partial charge in [-0.3, -0.25) is 4.79 Å². The topological polar surface area (TPSA) is 46.5 Å². The maximum Gasteiger partial charge on any atom is 0.420 e. The Morgan fingerprint density at radius 2 is 1.78 bits per heavy atom. The van der Waals surface area contributed by atoms with E-state index in [1.165, 1.54) is 6.07 Å². The molecule has 2 atom stereocenters. The summed E-state index contributed by atoms with van der Waals surface area (Å²) >= 11 is 0. The second kappa shape index (κ2) is 9.32. The number of rotatable bonds is 6. The van der Waals surface area contributed by atoms with Gasteiger partial charge in [-0.15, -0.1) is 0 Å². The Morgan fingerprint density at radius 1 is 1.06 bits per heavy atom. The van der Waals surface area contributed by atoms with Crippen molar-refractivity contribution in [3.8, 4) is 5.75 Å². The molecule has 2 aromatic rings. The first kappa shape index (κ1) is 22.9. The highest BCUT2D eigenvalue weighted by Crippen LogP contribution is 2.43. The Kier molecular flexibility index (Phi) is 6.68. The highest BCUT2D eigenvalue weighted by atomic mass is 19.4. The van der Waals surface area contributed by atoms with Crippen LogP contribution in [0.1, 0.15) is 69.4 Å². The number of carbonyl (C=O) groups is 1. The van der Waals surface area contributed by atoms with E-state index in [9.17, 15) is 23.1 Å². The first-order chi connectivity index (χ1) is 15.2. The van der Waals surface area contributed by atoms with E-state index in [1.54, 1.807) is 18.2 Å². The average molecular weight is 449 g/mol. The number of hydrogen-bond donors (Lipinski definition) is 1. The summed E-state index contributed by atoms with van der Waals surface area (Å²) in [6.45, 7) is 2.17. The number of benzene rings is 2. The molecule has 1 N–H and O–H groups in total. The van der Waals surface area contributed by atoms with E-state index in [4.69, 9.17) is 4.74 Å². The molecule has 0 bridgehead atoms. The molecule has 3 nitrogen and oxygen atoms in total. The lowest BCUT2D eigenvalue weighted by Crippen LogP contribution is -2.24. The van der Waals surface area contributed by atoms with Gasteiger partial charge in [0.05, 0.1) is 12.0 Å². The summed E-state index contributed by atoms with van der Waals surface area (Å²) in [6, 6.07) is 8.46. The molecule has 0 radical (unpaired) electrons. The third-order valence-electron chi connectivity index (χ3n) is 7.32. The van der Waals surface area contributed by atoms with Gasteiger partial charge >= 0.3 is 12.1 Å². The second-order valence-electron chi connectivity index (χ2n) is 9.74. The smallest absolute Gasteiger partial charge is 0.420 e. The van der Waals surface area contributed by atoms with E-state index >= 15 is 0 Å². The van der Waals surface area contributed by atoms with Crippen molar-refractivity contribution in [2.24, 2.45) is 17.8 Å². The maximum atomic E-state index is 14.1. The van der Waals surface area contributed by atoms with E-state index in [-0.39, 0.29) is 23.2 Å². The Hall–Kier alpha value is -2.24. The number of ether oxygens (including phenoxy) is 1. The van der Waals surface area contributed by atoms with Crippen LogP contribution in [-0.4, -0.2) is 17.2 Å². The fourth-order valence-electron chi connectivity index (χ4n) is 5.35. The van der Waals surface area contributed by atoms with Crippen molar-refractivity contribution in [2.75, 3.05) is 0 Å². The van der Waals surface area contributed by atoms with Gasteiger partial charge in [-0.1, -0.05) is 31.2 Å². The number of aryl methyl sites for hydroxylation is 1. The fraction of sp³-hybridized carbons (Fsp3) is 0.577. The number of alkyl halides is 3. The molecule has 2 aromatic carbocycles. The van der Waals surface area contributed by atoms with Crippen molar-refractivity contribution in [1.82, 2.24) is 0 Å². The monoisotopic (exact) mass is 448 g/mol. The Balaban J connectivity index is 1.56. The first-order valence-corrected chi connectivity index (χ1v) is 11.7. The summed E-state index contributed by atoms with van der Waals surface area (Å²) in [7, 11) is 0. The fourth-order valence-corrected chi connectivity index (χ4v) is 5.35. The molecule has 2 aliphatic carbocycles. The van der Waals surface area contributed by atoms with Crippen molar-refractivity contribution < 1.29 is 27.8 Å². The molecule has 2 saturated carbocycles. The van der Waals surface area contributed by atoms with Gasteiger partial charge in [0.25, 0.3) is 0 Å². The van der Waals surface area contributed by atoms with Gasteiger partial charge in [-0.25, -0.2) is 0 Å². The minimum atomic E-state index is -4.50. The molecule has 0 aliphatic heterocycles. The van der Waals surface area contributed by atoms with Gasteiger partial charge in [0, 0.05) is 0 Å². The lowest BCUT2D eigenvalue weighted by Gasteiger charge is -2.28. The summed E-state index contributed by atoms with van der Waals surface area (Å²) in [4.78, 5) is 11.2. The molecule has 0 spiro atoms. The van der Waals surface area contributed by atoms with Crippen molar-refractivity contribution in [1.29, 1.82) is 0 Å². The van der Waals surface area contributed by atoms with Crippen molar-refractivity contribution in [3.05, 3.63) is 41.5 Å². The molecule has 0 aromatic heterocycles. The van der Waals surface area contributed by atoms with Crippen LogP contribution in [-0.2, 0) is 17.4 Å². The normalized spacial score (nSPS) is 26.4. The molecule has 0 saturated heterocycles. The van der Waals surface area contributed by atoms with Crippen molar-refractivity contribution in [3.63, 3.8) is 0 Å². The predicted molar refractivity (Wildman–Crippen MR) is 118 cm³/mol. The summed E-state index contributed by atoms with van der Waals surface area (Å²) in [5.74, 6) is -0.176. The molecule has 4 rings (SSSR count).